The van der Waals surface area contributed by atoms with Gasteiger partial charge in [0, 0.05) is 0 Å². The normalized spacial score (nSPS) is 10.8. The summed E-state index contributed by atoms with van der Waals surface area (Å²) in [5.74, 6) is 0. The van der Waals surface area contributed by atoms with Crippen molar-refractivity contribution in [3.63, 3.8) is 0 Å². The lowest BCUT2D eigenvalue weighted by atomic mass is 9.99. The highest BCUT2D eigenvalue weighted by atomic mass is 15.0. The van der Waals surface area contributed by atoms with Crippen molar-refractivity contribution >= 4 is 44.7 Å². The van der Waals surface area contributed by atoms with Gasteiger partial charge in [-0.1, -0.05) is 36.4 Å². The molecule has 0 amide bonds. The molecule has 0 aliphatic rings. The molecule has 7 aromatic rings. The van der Waals surface area contributed by atoms with Crippen molar-refractivity contribution in [2.24, 2.45) is 0 Å². The molecule has 4 aromatic heterocycles. The zero-order valence-electron chi connectivity index (χ0n) is 21.1. The molecule has 0 spiro atoms. The van der Waals surface area contributed by atoms with Gasteiger partial charge >= 0.3 is 0 Å². The summed E-state index contributed by atoms with van der Waals surface area (Å²) in [6.45, 7) is 0. The van der Waals surface area contributed by atoms with Crippen molar-refractivity contribution in [1.29, 1.82) is 21.0 Å². The Labute approximate surface area is 235 Å². The Morgan fingerprint density at radius 3 is 0.929 bits per heavy atom. The molecule has 12 nitrogen and oxygen atoms in total. The van der Waals surface area contributed by atoms with Crippen LogP contribution in [0, 0.1) is 45.3 Å². The van der Waals surface area contributed by atoms with Crippen LogP contribution in [0.25, 0.3) is 66.9 Å². The fourth-order valence-electron chi connectivity index (χ4n) is 4.53. The number of rotatable bonds is 2. The van der Waals surface area contributed by atoms with Gasteiger partial charge < -0.3 is 0 Å². The molecule has 42 heavy (non-hydrogen) atoms. The third kappa shape index (κ3) is 3.90. The van der Waals surface area contributed by atoms with Gasteiger partial charge in [-0.05, 0) is 46.5 Å². The van der Waals surface area contributed by atoms with Crippen LogP contribution < -0.4 is 0 Å². The predicted molar refractivity (Wildman–Crippen MR) is 149 cm³/mol. The van der Waals surface area contributed by atoms with Crippen LogP contribution in [0.5, 0.6) is 0 Å². The minimum Gasteiger partial charge on any atom is -0.224 e. The van der Waals surface area contributed by atoms with Crippen molar-refractivity contribution in [1.82, 2.24) is 39.9 Å². The minimum atomic E-state index is -0.0914. The maximum absolute atomic E-state index is 9.27. The summed E-state index contributed by atoms with van der Waals surface area (Å²) in [5, 5.41) is 37.0. The van der Waals surface area contributed by atoms with Crippen molar-refractivity contribution < 1.29 is 0 Å². The Hall–Kier alpha value is -7.02. The zero-order chi connectivity index (χ0) is 28.8. The van der Waals surface area contributed by atoms with E-state index in [1.807, 2.05) is 84.9 Å². The molecule has 0 fully saturated rings. The summed E-state index contributed by atoms with van der Waals surface area (Å²) in [6, 6.07) is 26.7. The summed E-state index contributed by atoms with van der Waals surface area (Å²) < 4.78 is 0. The Morgan fingerprint density at radius 1 is 0.333 bits per heavy atom. The Morgan fingerprint density at radius 2 is 0.619 bits per heavy atom. The van der Waals surface area contributed by atoms with Gasteiger partial charge in [0.2, 0.25) is 0 Å². The molecule has 0 atom stereocenters. The molecule has 0 saturated carbocycles. The third-order valence-electron chi connectivity index (χ3n) is 6.55. The average molecular weight is 538 g/mol. The lowest BCUT2D eigenvalue weighted by Crippen LogP contribution is -2.00. The fraction of sp³-hybridized carbons (Fsp3) is 0. The van der Waals surface area contributed by atoms with Crippen molar-refractivity contribution in [2.75, 3.05) is 0 Å². The first-order valence-corrected chi connectivity index (χ1v) is 12.3. The van der Waals surface area contributed by atoms with E-state index in [4.69, 9.17) is 0 Å². The molecule has 0 unspecified atom stereocenters. The van der Waals surface area contributed by atoms with E-state index in [9.17, 15) is 21.0 Å². The van der Waals surface area contributed by atoms with Gasteiger partial charge in [-0.3, -0.25) is 0 Å². The topological polar surface area (TPSA) is 198 Å². The molecule has 12 heteroatoms. The fourth-order valence-corrected chi connectivity index (χ4v) is 4.53. The van der Waals surface area contributed by atoms with Gasteiger partial charge in [0.15, 0.2) is 45.4 Å². The summed E-state index contributed by atoms with van der Waals surface area (Å²) >= 11 is 0. The number of nitrogens with zero attached hydrogens (tertiary/aromatic N) is 12. The number of fused-ring (bicyclic) bond motifs is 4. The van der Waals surface area contributed by atoms with Crippen LogP contribution in [0.15, 0.2) is 60.7 Å². The summed E-state index contributed by atoms with van der Waals surface area (Å²) in [7, 11) is 0. The van der Waals surface area contributed by atoms with Gasteiger partial charge in [0.1, 0.15) is 24.3 Å². The van der Waals surface area contributed by atoms with E-state index in [1.165, 1.54) is 0 Å². The first-order chi connectivity index (χ1) is 20.6. The number of hydrogen-bond acceptors (Lipinski definition) is 12. The first-order valence-electron chi connectivity index (χ1n) is 12.3. The SMILES string of the molecule is N#Cc1nc2nc3ccc(-c4ccc(-c5ccc6nc7nc(C#N)c(C#N)nc7nc6c5)cc4)cc3nc2nc1C#N. The maximum atomic E-state index is 9.27. The highest BCUT2D eigenvalue weighted by molar-refractivity contribution is 5.88. The molecular weight excluding hydrogens is 528 g/mol. The second-order valence-corrected chi connectivity index (χ2v) is 9.01. The van der Waals surface area contributed by atoms with Crippen molar-refractivity contribution in [3.05, 3.63) is 83.4 Å². The van der Waals surface area contributed by atoms with Gasteiger partial charge in [-0.2, -0.15) is 21.0 Å². The number of nitriles is 4. The quantitative estimate of drug-likeness (QED) is 0.283. The lowest BCUT2D eigenvalue weighted by molar-refractivity contribution is 1.14. The maximum Gasteiger partial charge on any atom is 0.199 e. The van der Waals surface area contributed by atoms with E-state index in [2.05, 4.69) is 39.9 Å². The molecular formula is C30H10N12. The summed E-state index contributed by atoms with van der Waals surface area (Å²) in [6.07, 6.45) is 0. The van der Waals surface area contributed by atoms with E-state index >= 15 is 0 Å². The van der Waals surface area contributed by atoms with Crippen LogP contribution in [0.1, 0.15) is 22.8 Å². The van der Waals surface area contributed by atoms with Crippen LogP contribution in [0.2, 0.25) is 0 Å². The van der Waals surface area contributed by atoms with Gasteiger partial charge in [-0.15, -0.1) is 0 Å². The van der Waals surface area contributed by atoms with Gasteiger partial charge in [-0.25, -0.2) is 39.9 Å². The second-order valence-electron chi connectivity index (χ2n) is 9.01. The molecule has 0 aliphatic heterocycles. The molecule has 7 rings (SSSR count). The van der Waals surface area contributed by atoms with E-state index in [0.29, 0.717) is 22.1 Å². The molecule has 0 radical (unpaired) electrons. The monoisotopic (exact) mass is 538 g/mol. The van der Waals surface area contributed by atoms with E-state index in [0.717, 1.165) is 22.3 Å². The average Bonchev–Trinajstić information content (AvgIpc) is 3.04. The molecule has 0 bridgehead atoms. The van der Waals surface area contributed by atoms with Crippen molar-refractivity contribution in [2.45, 2.75) is 0 Å². The molecule has 0 aliphatic carbocycles. The largest absolute Gasteiger partial charge is 0.224 e. The van der Waals surface area contributed by atoms with Crippen LogP contribution in [-0.4, -0.2) is 39.9 Å². The van der Waals surface area contributed by atoms with Crippen LogP contribution >= 0.6 is 0 Å². The minimum absolute atomic E-state index is 0.0850. The summed E-state index contributed by atoms with van der Waals surface area (Å²) in [5.41, 5.74) is 6.49. The highest BCUT2D eigenvalue weighted by Gasteiger charge is 2.14. The number of benzene rings is 3. The summed E-state index contributed by atoms with van der Waals surface area (Å²) in [4.78, 5) is 34.5. The van der Waals surface area contributed by atoms with Crippen LogP contribution in [0.3, 0.4) is 0 Å². The predicted octanol–water partition coefficient (Wildman–Crippen LogP) is 4.28. The first kappa shape index (κ1) is 24.1. The van der Waals surface area contributed by atoms with Crippen LogP contribution in [-0.2, 0) is 0 Å². The number of hydrogen-bond donors (Lipinski definition) is 0. The third-order valence-corrected chi connectivity index (χ3v) is 6.55. The van der Waals surface area contributed by atoms with Crippen molar-refractivity contribution in [3.8, 4) is 46.5 Å². The molecule has 4 heterocycles. The smallest absolute Gasteiger partial charge is 0.199 e. The Bertz CT molecular complexity index is 2280. The molecule has 0 saturated heterocycles. The van der Waals surface area contributed by atoms with Gasteiger partial charge in [0.05, 0.1) is 22.1 Å². The van der Waals surface area contributed by atoms with E-state index in [-0.39, 0.29) is 45.4 Å². The zero-order valence-corrected chi connectivity index (χ0v) is 21.1. The Kier molecular flexibility index (Phi) is 5.34. The second kappa shape index (κ2) is 9.32. The molecule has 3 aromatic carbocycles. The van der Waals surface area contributed by atoms with Gasteiger partial charge in [0.25, 0.3) is 0 Å². The number of aromatic nitrogens is 8. The van der Waals surface area contributed by atoms with Crippen LogP contribution in [0.4, 0.5) is 0 Å². The molecule has 0 N–H and O–H groups in total. The van der Waals surface area contributed by atoms with E-state index < -0.39 is 0 Å². The highest BCUT2D eigenvalue weighted by Crippen LogP contribution is 2.29. The molecule has 190 valence electrons. The lowest BCUT2D eigenvalue weighted by Gasteiger charge is -2.08. The standard InChI is InChI=1S/C30H10N12/c31-11-23-25(13-33)41-29-27(39-23)35-19-7-5-17(9-21(19)37-29)15-1-2-16(4-3-15)18-6-8-20-22(10-18)38-30-28(36-20)40-24(12-32)26(14-34)42-30/h1-10H. The van der Waals surface area contributed by atoms with E-state index in [1.54, 1.807) is 0 Å². The Balaban J connectivity index is 1.24.